The molecule has 1 fully saturated rings. The second kappa shape index (κ2) is 9.33. The molecule has 4 rings (SSSR count). The number of methoxy groups -OCH3 is 2. The molecule has 1 aliphatic heterocycles. The van der Waals surface area contributed by atoms with E-state index in [0.717, 1.165) is 47.4 Å². The van der Waals surface area contributed by atoms with Gasteiger partial charge in [0.2, 0.25) is 0 Å². The number of hydrogen-bond acceptors (Lipinski definition) is 7. The molecule has 1 saturated heterocycles. The zero-order valence-corrected chi connectivity index (χ0v) is 18.5. The molecule has 2 aromatic heterocycles. The average molecular weight is 465 g/mol. The molecule has 0 spiro atoms. The fraction of sp³-hybridized carbons (Fsp3) is 0.364. The van der Waals surface area contributed by atoms with E-state index in [1.54, 1.807) is 25.6 Å². The molecular formula is C22H23F3N4O2S. The van der Waals surface area contributed by atoms with Gasteiger partial charge in [-0.3, -0.25) is 4.90 Å². The third-order valence-electron chi connectivity index (χ3n) is 5.35. The number of halogens is 3. The van der Waals surface area contributed by atoms with Crippen LogP contribution in [0.25, 0.3) is 10.6 Å². The second-order valence-electron chi connectivity index (χ2n) is 7.38. The van der Waals surface area contributed by atoms with Gasteiger partial charge < -0.3 is 14.4 Å². The first kappa shape index (κ1) is 22.3. The van der Waals surface area contributed by atoms with Gasteiger partial charge in [0.05, 0.1) is 31.0 Å². The molecule has 10 heteroatoms. The summed E-state index contributed by atoms with van der Waals surface area (Å²) in [5.41, 5.74) is 1.17. The number of alkyl halides is 3. The van der Waals surface area contributed by atoms with Crippen molar-refractivity contribution in [3.63, 3.8) is 0 Å². The lowest BCUT2D eigenvalue weighted by Gasteiger charge is -2.35. The van der Waals surface area contributed by atoms with Crippen molar-refractivity contribution in [2.75, 3.05) is 45.3 Å². The summed E-state index contributed by atoms with van der Waals surface area (Å²) in [6.45, 7) is 3.66. The van der Waals surface area contributed by atoms with Crippen LogP contribution in [0.4, 0.5) is 19.0 Å². The Kier molecular flexibility index (Phi) is 6.52. The molecule has 3 aromatic rings. The van der Waals surface area contributed by atoms with Crippen molar-refractivity contribution in [3.8, 4) is 22.1 Å². The van der Waals surface area contributed by atoms with Crippen LogP contribution in [-0.4, -0.2) is 55.3 Å². The Labute approximate surface area is 188 Å². The van der Waals surface area contributed by atoms with E-state index in [1.807, 2.05) is 28.5 Å². The molecule has 0 N–H and O–H groups in total. The van der Waals surface area contributed by atoms with E-state index in [2.05, 4.69) is 9.88 Å². The first-order valence-electron chi connectivity index (χ1n) is 10.0. The Hall–Kier alpha value is -2.85. The number of rotatable bonds is 6. The first-order chi connectivity index (χ1) is 15.4. The highest BCUT2D eigenvalue weighted by Gasteiger charge is 2.31. The highest BCUT2D eigenvalue weighted by atomic mass is 32.1. The lowest BCUT2D eigenvalue weighted by molar-refractivity contribution is -0.137. The largest absolute Gasteiger partial charge is 0.497 e. The molecule has 3 heterocycles. The highest BCUT2D eigenvalue weighted by molar-refractivity contribution is 7.13. The summed E-state index contributed by atoms with van der Waals surface area (Å²) in [5.74, 6) is 2.01. The summed E-state index contributed by atoms with van der Waals surface area (Å²) in [5, 5.41) is 2.93. The van der Waals surface area contributed by atoms with Gasteiger partial charge in [0.25, 0.3) is 0 Å². The Balaban J connectivity index is 1.36. The molecule has 0 radical (unpaired) electrons. The van der Waals surface area contributed by atoms with Crippen molar-refractivity contribution in [1.82, 2.24) is 14.9 Å². The van der Waals surface area contributed by atoms with Gasteiger partial charge in [0.1, 0.15) is 22.3 Å². The topological polar surface area (TPSA) is 50.7 Å². The van der Waals surface area contributed by atoms with Crippen molar-refractivity contribution in [1.29, 1.82) is 0 Å². The average Bonchev–Trinajstić information content (AvgIpc) is 3.27. The van der Waals surface area contributed by atoms with Crippen LogP contribution in [0.5, 0.6) is 11.5 Å². The van der Waals surface area contributed by atoms with Crippen LogP contribution in [0.1, 0.15) is 11.3 Å². The Bertz CT molecular complexity index is 1050. The molecule has 170 valence electrons. The summed E-state index contributed by atoms with van der Waals surface area (Å²) in [4.78, 5) is 13.1. The number of aromatic nitrogens is 2. The molecular weight excluding hydrogens is 441 g/mol. The monoisotopic (exact) mass is 464 g/mol. The molecule has 32 heavy (non-hydrogen) atoms. The van der Waals surface area contributed by atoms with E-state index in [9.17, 15) is 13.2 Å². The minimum absolute atomic E-state index is 0.570. The third kappa shape index (κ3) is 4.97. The molecule has 1 aliphatic rings. The summed E-state index contributed by atoms with van der Waals surface area (Å²) in [6.07, 6.45) is -3.47. The van der Waals surface area contributed by atoms with Gasteiger partial charge in [-0.25, -0.2) is 9.97 Å². The fourth-order valence-electron chi connectivity index (χ4n) is 3.58. The Morgan fingerprint density at radius 3 is 2.44 bits per heavy atom. The van der Waals surface area contributed by atoms with Gasteiger partial charge in [-0.1, -0.05) is 0 Å². The minimum atomic E-state index is -4.37. The van der Waals surface area contributed by atoms with E-state index in [1.165, 1.54) is 6.07 Å². The van der Waals surface area contributed by atoms with Crippen LogP contribution >= 0.6 is 11.3 Å². The number of ether oxygens (including phenoxy) is 2. The van der Waals surface area contributed by atoms with Gasteiger partial charge >= 0.3 is 6.18 Å². The highest BCUT2D eigenvalue weighted by Crippen LogP contribution is 2.35. The molecule has 6 nitrogen and oxygen atoms in total. The van der Waals surface area contributed by atoms with Gasteiger partial charge in [0, 0.05) is 50.4 Å². The van der Waals surface area contributed by atoms with Crippen LogP contribution in [0.15, 0.2) is 41.9 Å². The minimum Gasteiger partial charge on any atom is -0.497 e. The summed E-state index contributed by atoms with van der Waals surface area (Å²) >= 11 is 1.56. The first-order valence-corrected chi connectivity index (χ1v) is 10.9. The van der Waals surface area contributed by atoms with Gasteiger partial charge in [-0.15, -0.1) is 11.3 Å². The predicted molar refractivity (Wildman–Crippen MR) is 117 cm³/mol. The maximum atomic E-state index is 12.7. The fourth-order valence-corrected chi connectivity index (χ4v) is 4.42. The predicted octanol–water partition coefficient (Wildman–Crippen LogP) is 4.56. The Morgan fingerprint density at radius 2 is 1.81 bits per heavy atom. The summed E-state index contributed by atoms with van der Waals surface area (Å²) in [6, 6.07) is 8.18. The number of piperazine rings is 1. The SMILES string of the molecule is COc1ccc(-c2nc(CN3CCN(c4ccc(C(F)(F)F)cn4)CC3)cs2)c(OC)c1. The summed E-state index contributed by atoms with van der Waals surface area (Å²) < 4.78 is 48.9. The van der Waals surface area contributed by atoms with Crippen molar-refractivity contribution >= 4 is 17.2 Å². The molecule has 0 saturated carbocycles. The normalized spacial score (nSPS) is 15.1. The molecule has 0 amide bonds. The molecule has 0 unspecified atom stereocenters. The van der Waals surface area contributed by atoms with Crippen LogP contribution in [0.3, 0.4) is 0 Å². The van der Waals surface area contributed by atoms with E-state index in [0.29, 0.717) is 31.2 Å². The number of thiazole rings is 1. The molecule has 0 atom stereocenters. The quantitative estimate of drug-likeness (QED) is 0.533. The van der Waals surface area contributed by atoms with Crippen molar-refractivity contribution in [2.45, 2.75) is 12.7 Å². The van der Waals surface area contributed by atoms with Crippen molar-refractivity contribution in [3.05, 3.63) is 53.2 Å². The molecule has 0 bridgehead atoms. The van der Waals surface area contributed by atoms with Crippen LogP contribution in [0.2, 0.25) is 0 Å². The van der Waals surface area contributed by atoms with Gasteiger partial charge in [-0.05, 0) is 24.3 Å². The number of anilines is 1. The number of hydrogen-bond donors (Lipinski definition) is 0. The lowest BCUT2D eigenvalue weighted by Crippen LogP contribution is -2.46. The number of pyridine rings is 1. The van der Waals surface area contributed by atoms with Crippen molar-refractivity contribution in [2.24, 2.45) is 0 Å². The molecule has 1 aromatic carbocycles. The third-order valence-corrected chi connectivity index (χ3v) is 6.27. The Morgan fingerprint density at radius 1 is 1.03 bits per heavy atom. The summed E-state index contributed by atoms with van der Waals surface area (Å²) in [7, 11) is 3.24. The standard InChI is InChI=1S/C22H23F3N4O2S/c1-30-17-4-5-18(19(11-17)31-2)21-27-16(14-32-21)13-28-7-9-29(10-8-28)20-6-3-15(12-26-20)22(23,24)25/h3-6,11-12,14H,7-10,13H2,1-2H3. The van der Waals surface area contributed by atoms with Crippen molar-refractivity contribution < 1.29 is 22.6 Å². The zero-order valence-electron chi connectivity index (χ0n) is 17.7. The number of benzene rings is 1. The van der Waals surface area contributed by atoms with Gasteiger partial charge in [0.15, 0.2) is 0 Å². The lowest BCUT2D eigenvalue weighted by atomic mass is 10.2. The molecule has 0 aliphatic carbocycles. The zero-order chi connectivity index (χ0) is 22.7. The number of nitrogens with zero attached hydrogens (tertiary/aromatic N) is 4. The van der Waals surface area contributed by atoms with Crippen LogP contribution in [-0.2, 0) is 12.7 Å². The maximum Gasteiger partial charge on any atom is 0.417 e. The van der Waals surface area contributed by atoms with Crippen LogP contribution < -0.4 is 14.4 Å². The second-order valence-corrected chi connectivity index (χ2v) is 8.23. The smallest absolute Gasteiger partial charge is 0.417 e. The van der Waals surface area contributed by atoms with Crippen LogP contribution in [0, 0.1) is 0 Å². The van der Waals surface area contributed by atoms with Gasteiger partial charge in [-0.2, -0.15) is 13.2 Å². The van der Waals surface area contributed by atoms with E-state index in [-0.39, 0.29) is 0 Å². The van der Waals surface area contributed by atoms with E-state index in [4.69, 9.17) is 14.5 Å². The van der Waals surface area contributed by atoms with E-state index < -0.39 is 11.7 Å². The maximum absolute atomic E-state index is 12.7. The van der Waals surface area contributed by atoms with E-state index >= 15 is 0 Å².